The highest BCUT2D eigenvalue weighted by Crippen LogP contribution is 2.31. The van der Waals surface area contributed by atoms with Gasteiger partial charge in [0.2, 0.25) is 11.2 Å². The molecule has 3 aromatic rings. The molecule has 3 heterocycles. The Labute approximate surface area is 141 Å². The number of fused-ring (bicyclic) bond motifs is 1. The fraction of sp³-hybridized carbons (Fsp3) is 0.133. The van der Waals surface area contributed by atoms with Gasteiger partial charge in [0.1, 0.15) is 28.7 Å². The van der Waals surface area contributed by atoms with Gasteiger partial charge in [-0.2, -0.15) is 10.2 Å². The fourth-order valence-corrected chi connectivity index (χ4v) is 2.33. The number of nitrogens with zero attached hydrogens (tertiary/aromatic N) is 5. The summed E-state index contributed by atoms with van der Waals surface area (Å²) in [6.45, 7) is 1.38. The smallest absolute Gasteiger partial charge is 0.222 e. The third-order valence-electron chi connectivity index (χ3n) is 3.18. The van der Waals surface area contributed by atoms with E-state index < -0.39 is 0 Å². The number of hydrogen-bond donors (Lipinski definition) is 1. The second-order valence-corrected chi connectivity index (χ2v) is 5.22. The molecule has 1 amide bonds. The lowest BCUT2D eigenvalue weighted by atomic mass is 10.2. The van der Waals surface area contributed by atoms with Gasteiger partial charge in [-0.05, 0) is 17.7 Å². The van der Waals surface area contributed by atoms with Gasteiger partial charge in [0, 0.05) is 26.2 Å². The van der Waals surface area contributed by atoms with Gasteiger partial charge in [-0.1, -0.05) is 0 Å². The standard InChI is InChI=1S/C15H11ClN6O2/c1-8(23)20-12-5-9(3-4-18-12)24-11-7-19-14-13(10(11)6-17)22(2)15(16)21-14/h3-5,7H,1-2H3,(H,18,20,23). The molecule has 24 heavy (non-hydrogen) atoms. The van der Waals surface area contributed by atoms with Crippen LogP contribution in [0.15, 0.2) is 24.5 Å². The van der Waals surface area contributed by atoms with E-state index in [0.29, 0.717) is 22.7 Å². The molecule has 0 unspecified atom stereocenters. The summed E-state index contributed by atoms with van der Waals surface area (Å²) in [5, 5.41) is 12.3. The molecule has 0 aliphatic heterocycles. The topological polar surface area (TPSA) is 106 Å². The molecule has 3 rings (SSSR count). The van der Waals surface area contributed by atoms with Crippen molar-refractivity contribution in [2.75, 3.05) is 5.32 Å². The number of aryl methyl sites for hydroxylation is 1. The maximum atomic E-state index is 11.1. The summed E-state index contributed by atoms with van der Waals surface area (Å²) in [7, 11) is 1.69. The molecule has 0 spiro atoms. The monoisotopic (exact) mass is 342 g/mol. The Kier molecular flexibility index (Phi) is 4.02. The van der Waals surface area contributed by atoms with E-state index in [1.807, 2.05) is 0 Å². The van der Waals surface area contributed by atoms with Crippen molar-refractivity contribution < 1.29 is 9.53 Å². The number of amides is 1. The molecule has 0 fully saturated rings. The summed E-state index contributed by atoms with van der Waals surface area (Å²) in [4.78, 5) is 23.3. The SMILES string of the molecule is CC(=O)Nc1cc(Oc2cnc3nc(Cl)n(C)c3c2C#N)ccn1. The van der Waals surface area contributed by atoms with Gasteiger partial charge in [0.15, 0.2) is 11.4 Å². The van der Waals surface area contributed by atoms with E-state index in [4.69, 9.17) is 16.3 Å². The predicted molar refractivity (Wildman–Crippen MR) is 86.8 cm³/mol. The number of aromatic nitrogens is 4. The summed E-state index contributed by atoms with van der Waals surface area (Å²) >= 11 is 5.98. The molecule has 0 bridgehead atoms. The van der Waals surface area contributed by atoms with Crippen LogP contribution in [0, 0.1) is 11.3 Å². The third kappa shape index (κ3) is 2.85. The maximum absolute atomic E-state index is 11.1. The molecule has 0 saturated carbocycles. The molecular formula is C15H11ClN6O2. The lowest BCUT2D eigenvalue weighted by molar-refractivity contribution is -0.114. The Hall–Kier alpha value is -3.18. The lowest BCUT2D eigenvalue weighted by Gasteiger charge is -2.09. The van der Waals surface area contributed by atoms with Gasteiger partial charge in [-0.25, -0.2) is 9.97 Å². The number of rotatable bonds is 3. The van der Waals surface area contributed by atoms with Crippen LogP contribution in [-0.2, 0) is 11.8 Å². The summed E-state index contributed by atoms with van der Waals surface area (Å²) in [5.74, 6) is 0.755. The quantitative estimate of drug-likeness (QED) is 0.784. The van der Waals surface area contributed by atoms with Gasteiger partial charge in [-0.15, -0.1) is 0 Å². The van der Waals surface area contributed by atoms with Gasteiger partial charge < -0.3 is 14.6 Å². The highest BCUT2D eigenvalue weighted by Gasteiger charge is 2.17. The highest BCUT2D eigenvalue weighted by molar-refractivity contribution is 6.29. The van der Waals surface area contributed by atoms with Crippen LogP contribution in [0.3, 0.4) is 0 Å². The van der Waals surface area contributed by atoms with E-state index in [1.54, 1.807) is 23.7 Å². The summed E-state index contributed by atoms with van der Waals surface area (Å²) in [6.07, 6.45) is 2.89. The van der Waals surface area contributed by atoms with Crippen LogP contribution in [0.2, 0.25) is 5.28 Å². The van der Waals surface area contributed by atoms with E-state index >= 15 is 0 Å². The van der Waals surface area contributed by atoms with Crippen LogP contribution < -0.4 is 10.1 Å². The molecule has 0 aromatic carbocycles. The Bertz CT molecular complexity index is 992. The number of anilines is 1. The lowest BCUT2D eigenvalue weighted by Crippen LogP contribution is -2.07. The van der Waals surface area contributed by atoms with Crippen molar-refractivity contribution in [1.82, 2.24) is 19.5 Å². The largest absolute Gasteiger partial charge is 0.454 e. The number of carbonyl (C=O) groups excluding carboxylic acids is 1. The van der Waals surface area contributed by atoms with Crippen LogP contribution >= 0.6 is 11.6 Å². The molecule has 0 atom stereocenters. The van der Waals surface area contributed by atoms with Crippen LogP contribution in [0.4, 0.5) is 5.82 Å². The number of hydrogen-bond acceptors (Lipinski definition) is 6. The first-order chi connectivity index (χ1) is 11.5. The van der Waals surface area contributed by atoms with Gasteiger partial charge in [0.25, 0.3) is 0 Å². The first-order valence-corrected chi connectivity index (χ1v) is 7.20. The van der Waals surface area contributed by atoms with Crippen LogP contribution in [0.1, 0.15) is 12.5 Å². The third-order valence-corrected chi connectivity index (χ3v) is 3.52. The number of carbonyl (C=O) groups is 1. The zero-order valence-corrected chi connectivity index (χ0v) is 13.5. The molecule has 1 N–H and O–H groups in total. The molecule has 0 radical (unpaired) electrons. The minimum atomic E-state index is -0.245. The zero-order chi connectivity index (χ0) is 17.3. The van der Waals surface area contributed by atoms with Gasteiger partial charge >= 0.3 is 0 Å². The highest BCUT2D eigenvalue weighted by atomic mass is 35.5. The van der Waals surface area contributed by atoms with Gasteiger partial charge in [-0.3, -0.25) is 4.79 Å². The van der Waals surface area contributed by atoms with E-state index in [-0.39, 0.29) is 22.5 Å². The maximum Gasteiger partial charge on any atom is 0.222 e. The second-order valence-electron chi connectivity index (χ2n) is 4.88. The van der Waals surface area contributed by atoms with Crippen molar-refractivity contribution in [3.8, 4) is 17.6 Å². The minimum Gasteiger partial charge on any atom is -0.454 e. The van der Waals surface area contributed by atoms with Crippen molar-refractivity contribution in [1.29, 1.82) is 5.26 Å². The Morgan fingerprint density at radius 2 is 2.25 bits per heavy atom. The summed E-state index contributed by atoms with van der Waals surface area (Å²) < 4.78 is 7.29. The molecule has 8 nitrogen and oxygen atoms in total. The second kappa shape index (κ2) is 6.14. The first kappa shape index (κ1) is 15.7. The Balaban J connectivity index is 2.03. The van der Waals surface area contributed by atoms with E-state index in [0.717, 1.165) is 0 Å². The average molecular weight is 343 g/mol. The minimum absolute atomic E-state index is 0.225. The first-order valence-electron chi connectivity index (χ1n) is 6.82. The number of ether oxygens (including phenoxy) is 1. The predicted octanol–water partition coefficient (Wildman–Crippen LogP) is 2.64. The van der Waals surface area contributed by atoms with Crippen molar-refractivity contribution in [3.63, 3.8) is 0 Å². The zero-order valence-electron chi connectivity index (χ0n) is 12.7. The Morgan fingerprint density at radius 1 is 1.46 bits per heavy atom. The number of halogens is 1. The van der Waals surface area contributed by atoms with Gasteiger partial charge in [0.05, 0.1) is 6.20 Å². The molecular weight excluding hydrogens is 332 g/mol. The molecule has 0 aliphatic rings. The molecule has 120 valence electrons. The number of pyridine rings is 2. The average Bonchev–Trinajstić information content (AvgIpc) is 2.82. The normalized spacial score (nSPS) is 10.4. The van der Waals surface area contributed by atoms with Crippen LogP contribution in [0.25, 0.3) is 11.2 Å². The van der Waals surface area contributed by atoms with E-state index in [2.05, 4.69) is 26.3 Å². The van der Waals surface area contributed by atoms with Crippen LogP contribution in [0.5, 0.6) is 11.5 Å². The summed E-state index contributed by atoms with van der Waals surface area (Å²) in [6, 6.07) is 5.24. The fourth-order valence-electron chi connectivity index (χ4n) is 2.16. The van der Waals surface area contributed by atoms with Crippen LogP contribution in [-0.4, -0.2) is 25.4 Å². The summed E-state index contributed by atoms with van der Waals surface area (Å²) in [5.41, 5.74) is 1.11. The molecule has 0 saturated heterocycles. The number of nitrogens with one attached hydrogen (secondary N) is 1. The van der Waals surface area contributed by atoms with E-state index in [1.165, 1.54) is 19.3 Å². The molecule has 0 aliphatic carbocycles. The van der Waals surface area contributed by atoms with E-state index in [9.17, 15) is 10.1 Å². The molecule has 9 heteroatoms. The van der Waals surface area contributed by atoms with Crippen molar-refractivity contribution in [2.45, 2.75) is 6.92 Å². The Morgan fingerprint density at radius 3 is 2.96 bits per heavy atom. The number of imidazole rings is 1. The van der Waals surface area contributed by atoms with Crippen molar-refractivity contribution in [2.24, 2.45) is 7.05 Å². The number of nitriles is 1. The molecule has 3 aromatic heterocycles. The van der Waals surface area contributed by atoms with Crippen molar-refractivity contribution >= 4 is 34.5 Å². The van der Waals surface area contributed by atoms with Crippen molar-refractivity contribution in [3.05, 3.63) is 35.4 Å².